The largest absolute Gasteiger partial charge is 0.493 e. The van der Waals surface area contributed by atoms with E-state index in [-0.39, 0.29) is 31.9 Å². The van der Waals surface area contributed by atoms with Crippen LogP contribution in [0.25, 0.3) is 49.9 Å². The molecule has 10 aromatic rings. The maximum atomic E-state index is 5.15. The summed E-state index contributed by atoms with van der Waals surface area (Å²) in [6.07, 6.45) is 1.97. The average Bonchev–Trinajstić information content (AvgIpc) is 4.00. The Bertz CT molecular complexity index is 3600. The van der Waals surface area contributed by atoms with Crippen LogP contribution in [-0.2, 0) is 37.3 Å². The SMILES string of the molecule is Cc1cc2c(cc1C)N(c1ccccc1)[CH-]N2c1[c-]c(C2(c3[c-]c4c(cc3)c3c(-c5ccccc5)cccc3n4-c3cc(C(C)(C)C)ccn3)c3ccccc3-c3ccccc32)cc(C(C)(C)C)c1.[Pt]. The Morgan fingerprint density at radius 3 is 1.79 bits per heavy atom. The van der Waals surface area contributed by atoms with E-state index in [1.165, 1.54) is 61.0 Å². The summed E-state index contributed by atoms with van der Waals surface area (Å²) in [6, 6.07) is 73.2. The van der Waals surface area contributed by atoms with Crippen LogP contribution in [0.5, 0.6) is 0 Å². The van der Waals surface area contributed by atoms with Gasteiger partial charge < -0.3 is 14.4 Å². The summed E-state index contributed by atoms with van der Waals surface area (Å²) in [4.78, 5) is 9.83. The Morgan fingerprint density at radius 2 is 1.13 bits per heavy atom. The molecule has 4 nitrogen and oxygen atoms in total. The normalized spacial score (nSPS) is 13.9. The molecule has 70 heavy (non-hydrogen) atoms. The number of anilines is 4. The van der Waals surface area contributed by atoms with Gasteiger partial charge in [-0.25, -0.2) is 4.98 Å². The minimum Gasteiger partial charge on any atom is -0.493 e. The molecule has 8 aromatic carbocycles. The smallest absolute Gasteiger partial charge is 0.135 e. The van der Waals surface area contributed by atoms with Crippen molar-refractivity contribution in [1.29, 1.82) is 0 Å². The van der Waals surface area contributed by atoms with Gasteiger partial charge in [-0.3, -0.25) is 0 Å². The first-order valence-electron chi connectivity index (χ1n) is 24.2. The van der Waals surface area contributed by atoms with Crippen LogP contribution in [0.15, 0.2) is 182 Å². The molecule has 0 N–H and O–H groups in total. The van der Waals surface area contributed by atoms with Crippen LogP contribution in [0.3, 0.4) is 0 Å². The first-order chi connectivity index (χ1) is 33.3. The molecule has 2 aliphatic rings. The predicted molar refractivity (Wildman–Crippen MR) is 287 cm³/mol. The molecule has 0 fully saturated rings. The summed E-state index contributed by atoms with van der Waals surface area (Å²) in [5.41, 5.74) is 19.8. The number of benzene rings is 8. The van der Waals surface area contributed by atoms with Crippen molar-refractivity contribution < 1.29 is 21.1 Å². The second-order valence-electron chi connectivity index (χ2n) is 21.1. The Labute approximate surface area is 427 Å². The molecular weight excluding hydrogens is 1030 g/mol. The number of para-hydroxylation sites is 1. The van der Waals surface area contributed by atoms with Crippen molar-refractivity contribution in [2.75, 3.05) is 9.80 Å². The molecule has 0 amide bonds. The minimum atomic E-state index is -0.799. The number of hydrogen-bond donors (Lipinski definition) is 0. The van der Waals surface area contributed by atoms with E-state index in [1.54, 1.807) is 0 Å². The molecule has 1 aliphatic heterocycles. The maximum Gasteiger partial charge on any atom is 0.135 e. The predicted octanol–water partition coefficient (Wildman–Crippen LogP) is 16.4. The van der Waals surface area contributed by atoms with Gasteiger partial charge in [-0.2, -0.15) is 35.9 Å². The quantitative estimate of drug-likeness (QED) is 0.155. The second kappa shape index (κ2) is 16.9. The van der Waals surface area contributed by atoms with Crippen molar-refractivity contribution in [3.8, 4) is 28.1 Å². The van der Waals surface area contributed by atoms with Gasteiger partial charge in [0.1, 0.15) is 5.82 Å². The number of rotatable bonds is 6. The van der Waals surface area contributed by atoms with Crippen molar-refractivity contribution in [3.63, 3.8) is 0 Å². The van der Waals surface area contributed by atoms with Gasteiger partial charge in [0, 0.05) is 55.3 Å². The van der Waals surface area contributed by atoms with Gasteiger partial charge in [0.2, 0.25) is 0 Å². The standard InChI is InChI=1S/C65H55N4.Pt/c1-42-34-59-60(35-43(42)2)68(41-67(59)49-22-13-10-14-23-49)50-37-47(64(6,7)8)36-48(38-50)65(55-27-17-15-24-52(55)53-25-16-18-28-56(53)65)46-30-31-54-58(39-46)69(61-40-45(32-33-66-61)63(3,4)5)57-29-19-26-51(62(54)57)44-20-11-9-12-21-44;/h9-37,40-41H,1-8H3;/q-3;. The van der Waals surface area contributed by atoms with Crippen molar-refractivity contribution in [3.05, 3.63) is 245 Å². The molecule has 0 radical (unpaired) electrons. The molecule has 0 bridgehead atoms. The second-order valence-corrected chi connectivity index (χ2v) is 21.1. The fraction of sp³-hybridized carbons (Fsp3) is 0.169. The number of aryl methyl sites for hydroxylation is 2. The Hall–Kier alpha value is -7.00. The monoisotopic (exact) mass is 1090 g/mol. The van der Waals surface area contributed by atoms with Gasteiger partial charge >= 0.3 is 0 Å². The molecule has 0 spiro atoms. The fourth-order valence-corrected chi connectivity index (χ4v) is 11.0. The van der Waals surface area contributed by atoms with E-state index in [0.29, 0.717) is 0 Å². The van der Waals surface area contributed by atoms with E-state index in [4.69, 9.17) is 4.98 Å². The number of fused-ring (bicyclic) bond motifs is 7. The zero-order chi connectivity index (χ0) is 47.4. The van der Waals surface area contributed by atoms with Crippen molar-refractivity contribution >= 4 is 44.6 Å². The van der Waals surface area contributed by atoms with Crippen LogP contribution in [0.2, 0.25) is 0 Å². The van der Waals surface area contributed by atoms with Gasteiger partial charge in [-0.15, -0.1) is 34.9 Å². The topological polar surface area (TPSA) is 24.3 Å². The maximum absolute atomic E-state index is 5.15. The van der Waals surface area contributed by atoms with Crippen LogP contribution in [0, 0.1) is 32.6 Å². The first-order valence-corrected chi connectivity index (χ1v) is 24.2. The van der Waals surface area contributed by atoms with E-state index in [9.17, 15) is 0 Å². The van der Waals surface area contributed by atoms with E-state index in [0.717, 1.165) is 56.1 Å². The minimum absolute atomic E-state index is 0. The van der Waals surface area contributed by atoms with Crippen LogP contribution in [-0.4, -0.2) is 9.55 Å². The van der Waals surface area contributed by atoms with Gasteiger partial charge in [0.25, 0.3) is 0 Å². The molecule has 0 saturated heterocycles. The number of nitrogens with zero attached hydrogens (tertiary/aromatic N) is 4. The van der Waals surface area contributed by atoms with Crippen molar-refractivity contribution in [1.82, 2.24) is 9.55 Å². The van der Waals surface area contributed by atoms with E-state index in [2.05, 4.69) is 264 Å². The summed E-state index contributed by atoms with van der Waals surface area (Å²) < 4.78 is 2.36. The van der Waals surface area contributed by atoms with Crippen LogP contribution in [0.4, 0.5) is 22.7 Å². The van der Waals surface area contributed by atoms with Crippen LogP contribution < -0.4 is 9.80 Å². The van der Waals surface area contributed by atoms with Gasteiger partial charge in [0.15, 0.2) is 0 Å². The number of hydrogen-bond acceptors (Lipinski definition) is 3. The zero-order valence-corrected chi connectivity index (χ0v) is 43.3. The molecule has 0 saturated carbocycles. The van der Waals surface area contributed by atoms with Crippen molar-refractivity contribution in [2.45, 2.75) is 71.6 Å². The van der Waals surface area contributed by atoms with Crippen molar-refractivity contribution in [2.24, 2.45) is 0 Å². The molecular formula is C65H55N4Pt-3. The van der Waals surface area contributed by atoms with Gasteiger partial charge in [-0.1, -0.05) is 156 Å². The van der Waals surface area contributed by atoms with Gasteiger partial charge in [0.05, 0.1) is 0 Å². The summed E-state index contributed by atoms with van der Waals surface area (Å²) in [5.74, 6) is 0.877. The Morgan fingerprint density at radius 1 is 0.529 bits per heavy atom. The molecule has 348 valence electrons. The van der Waals surface area contributed by atoms with Crippen LogP contribution >= 0.6 is 0 Å². The van der Waals surface area contributed by atoms with Gasteiger partial charge in [-0.05, 0) is 123 Å². The molecule has 2 aromatic heterocycles. The number of aromatic nitrogens is 2. The summed E-state index contributed by atoms with van der Waals surface area (Å²) in [7, 11) is 0. The molecule has 3 heterocycles. The Kier molecular flexibility index (Phi) is 10.9. The zero-order valence-electron chi connectivity index (χ0n) is 41.0. The molecule has 5 heteroatoms. The Balaban J connectivity index is 0.00000533. The number of pyridine rings is 1. The third-order valence-corrected chi connectivity index (χ3v) is 14.7. The third-order valence-electron chi connectivity index (χ3n) is 14.7. The molecule has 1 aliphatic carbocycles. The first kappa shape index (κ1) is 45.4. The summed E-state index contributed by atoms with van der Waals surface area (Å²) in [6.45, 7) is 20.4. The summed E-state index contributed by atoms with van der Waals surface area (Å²) in [5, 5.41) is 2.32. The van der Waals surface area contributed by atoms with E-state index >= 15 is 0 Å². The van der Waals surface area contributed by atoms with E-state index in [1.807, 2.05) is 6.20 Å². The van der Waals surface area contributed by atoms with Crippen LogP contribution in [0.1, 0.15) is 86.1 Å². The molecule has 0 atom stereocenters. The fourth-order valence-electron chi connectivity index (χ4n) is 11.0. The third kappa shape index (κ3) is 7.09. The molecule has 0 unspecified atom stereocenters. The average molecular weight is 1090 g/mol. The van der Waals surface area contributed by atoms with E-state index < -0.39 is 5.41 Å². The molecule has 12 rings (SSSR count). The summed E-state index contributed by atoms with van der Waals surface area (Å²) >= 11 is 0.